The molecule has 0 unspecified atom stereocenters. The predicted molar refractivity (Wildman–Crippen MR) is 92.1 cm³/mol. The highest BCUT2D eigenvalue weighted by molar-refractivity contribution is 5.94. The number of rotatable bonds is 5. The van der Waals surface area contributed by atoms with Crippen molar-refractivity contribution in [2.24, 2.45) is 0 Å². The first-order chi connectivity index (χ1) is 11.3. The van der Waals surface area contributed by atoms with Crippen LogP contribution in [0.4, 0.5) is 0 Å². The molecule has 23 heavy (non-hydrogen) atoms. The van der Waals surface area contributed by atoms with Crippen LogP contribution < -0.4 is 9.47 Å². The number of aryl methyl sites for hydroxylation is 1. The predicted octanol–water partition coefficient (Wildman–Crippen LogP) is 4.27. The number of hydrogen-bond donors (Lipinski definition) is 0. The fourth-order valence-electron chi connectivity index (χ4n) is 2.73. The smallest absolute Gasteiger partial charge is 0.162 e. The molecule has 3 aromatic rings. The van der Waals surface area contributed by atoms with Crippen molar-refractivity contribution in [3.05, 3.63) is 48.3 Å². The Morgan fingerprint density at radius 1 is 0.913 bits per heavy atom. The summed E-state index contributed by atoms with van der Waals surface area (Å²) in [5, 5.41) is 0.952. The molecule has 0 amide bonds. The lowest BCUT2D eigenvalue weighted by molar-refractivity contribution is 0.356. The summed E-state index contributed by atoms with van der Waals surface area (Å²) in [6, 6.07) is 12.4. The van der Waals surface area contributed by atoms with Crippen LogP contribution in [0.3, 0.4) is 0 Å². The maximum atomic E-state index is 5.41. The number of ether oxygens (including phenoxy) is 2. The number of nitrogens with zero attached hydrogens (tertiary/aromatic N) is 2. The van der Waals surface area contributed by atoms with E-state index in [9.17, 15) is 0 Å². The molecule has 0 atom stereocenters. The third-order valence-corrected chi connectivity index (χ3v) is 3.91. The van der Waals surface area contributed by atoms with Crippen LogP contribution >= 0.6 is 0 Å². The van der Waals surface area contributed by atoms with E-state index in [0.29, 0.717) is 11.5 Å². The average Bonchev–Trinajstić information content (AvgIpc) is 2.61. The van der Waals surface area contributed by atoms with E-state index in [1.165, 1.54) is 5.56 Å². The van der Waals surface area contributed by atoms with E-state index in [1.54, 1.807) is 20.5 Å². The third-order valence-electron chi connectivity index (χ3n) is 3.91. The van der Waals surface area contributed by atoms with Crippen molar-refractivity contribution in [3.8, 4) is 22.8 Å². The Hall–Kier alpha value is -2.62. The SMILES string of the molecule is CCCc1ccc(-c2ncnc3cc(OC)c(OC)cc23)cc1. The van der Waals surface area contributed by atoms with Crippen LogP contribution in [0.25, 0.3) is 22.2 Å². The van der Waals surface area contributed by atoms with E-state index >= 15 is 0 Å². The second-order valence-electron chi connectivity index (χ2n) is 5.39. The summed E-state index contributed by atoms with van der Waals surface area (Å²) in [5.41, 5.74) is 4.16. The zero-order valence-electron chi connectivity index (χ0n) is 13.7. The molecule has 0 aliphatic rings. The molecular weight excluding hydrogens is 288 g/mol. The van der Waals surface area contributed by atoms with Crippen LogP contribution in [-0.4, -0.2) is 24.2 Å². The summed E-state index contributed by atoms with van der Waals surface area (Å²) in [4.78, 5) is 8.83. The second-order valence-corrected chi connectivity index (χ2v) is 5.39. The lowest BCUT2D eigenvalue weighted by atomic mass is 10.0. The molecule has 3 rings (SSSR count). The van der Waals surface area contributed by atoms with Gasteiger partial charge in [0.2, 0.25) is 0 Å². The molecule has 0 fully saturated rings. The van der Waals surface area contributed by atoms with Gasteiger partial charge in [0.1, 0.15) is 6.33 Å². The summed E-state index contributed by atoms with van der Waals surface area (Å²) in [5.74, 6) is 1.35. The Bertz CT molecular complexity index is 813. The van der Waals surface area contributed by atoms with Crippen molar-refractivity contribution in [1.29, 1.82) is 0 Å². The standard InChI is InChI=1S/C19H20N2O2/c1-4-5-13-6-8-14(9-7-13)19-15-10-17(22-2)18(23-3)11-16(15)20-12-21-19/h6-12H,4-5H2,1-3H3. The van der Waals surface area contributed by atoms with Crippen molar-refractivity contribution < 1.29 is 9.47 Å². The molecule has 4 nitrogen and oxygen atoms in total. The maximum Gasteiger partial charge on any atom is 0.162 e. The van der Waals surface area contributed by atoms with E-state index in [2.05, 4.69) is 41.2 Å². The number of methoxy groups -OCH3 is 2. The fourth-order valence-corrected chi connectivity index (χ4v) is 2.73. The molecule has 4 heteroatoms. The molecule has 0 saturated carbocycles. The van der Waals surface area contributed by atoms with E-state index < -0.39 is 0 Å². The molecule has 118 valence electrons. The van der Waals surface area contributed by atoms with Gasteiger partial charge in [-0.15, -0.1) is 0 Å². The van der Waals surface area contributed by atoms with Crippen LogP contribution in [-0.2, 0) is 6.42 Å². The molecule has 0 spiro atoms. The number of benzene rings is 2. The molecule has 0 aliphatic heterocycles. The van der Waals surface area contributed by atoms with Crippen LogP contribution in [0.1, 0.15) is 18.9 Å². The van der Waals surface area contributed by atoms with Gasteiger partial charge in [0.15, 0.2) is 11.5 Å². The van der Waals surface area contributed by atoms with Crippen molar-refractivity contribution in [2.75, 3.05) is 14.2 Å². The van der Waals surface area contributed by atoms with Crippen LogP contribution in [0.2, 0.25) is 0 Å². The Morgan fingerprint density at radius 3 is 2.26 bits per heavy atom. The van der Waals surface area contributed by atoms with Gasteiger partial charge in [0, 0.05) is 17.0 Å². The van der Waals surface area contributed by atoms with Gasteiger partial charge in [-0.2, -0.15) is 0 Å². The number of aromatic nitrogens is 2. The minimum Gasteiger partial charge on any atom is -0.493 e. The molecule has 0 radical (unpaired) electrons. The lowest BCUT2D eigenvalue weighted by Crippen LogP contribution is -1.94. The van der Waals surface area contributed by atoms with Crippen molar-refractivity contribution >= 4 is 10.9 Å². The average molecular weight is 308 g/mol. The minimum atomic E-state index is 0.669. The lowest BCUT2D eigenvalue weighted by Gasteiger charge is -2.11. The van der Waals surface area contributed by atoms with Crippen molar-refractivity contribution in [3.63, 3.8) is 0 Å². The van der Waals surface area contributed by atoms with Gasteiger partial charge < -0.3 is 9.47 Å². The topological polar surface area (TPSA) is 44.2 Å². The first-order valence-electron chi connectivity index (χ1n) is 7.73. The normalized spacial score (nSPS) is 10.7. The van der Waals surface area contributed by atoms with Gasteiger partial charge in [-0.25, -0.2) is 9.97 Å². The molecule has 1 heterocycles. The molecule has 0 saturated heterocycles. The molecule has 1 aromatic heterocycles. The molecule has 0 bridgehead atoms. The Balaban J connectivity index is 2.13. The van der Waals surface area contributed by atoms with Gasteiger partial charge in [0.25, 0.3) is 0 Å². The third kappa shape index (κ3) is 2.97. The largest absolute Gasteiger partial charge is 0.493 e. The Morgan fingerprint density at radius 2 is 1.61 bits per heavy atom. The van der Waals surface area contributed by atoms with Crippen LogP contribution in [0, 0.1) is 0 Å². The zero-order valence-corrected chi connectivity index (χ0v) is 13.7. The first-order valence-corrected chi connectivity index (χ1v) is 7.73. The summed E-state index contributed by atoms with van der Waals surface area (Å²) in [7, 11) is 3.25. The summed E-state index contributed by atoms with van der Waals surface area (Å²) >= 11 is 0. The highest BCUT2D eigenvalue weighted by Crippen LogP contribution is 2.35. The summed E-state index contributed by atoms with van der Waals surface area (Å²) in [6.07, 6.45) is 3.83. The van der Waals surface area contributed by atoms with E-state index in [0.717, 1.165) is 35.0 Å². The van der Waals surface area contributed by atoms with E-state index in [4.69, 9.17) is 9.47 Å². The van der Waals surface area contributed by atoms with Gasteiger partial charge in [-0.1, -0.05) is 37.6 Å². The zero-order chi connectivity index (χ0) is 16.2. The fraction of sp³-hybridized carbons (Fsp3) is 0.263. The first kappa shape index (κ1) is 15.3. The highest BCUT2D eigenvalue weighted by atomic mass is 16.5. The van der Waals surface area contributed by atoms with Gasteiger partial charge >= 0.3 is 0 Å². The van der Waals surface area contributed by atoms with Crippen LogP contribution in [0.15, 0.2) is 42.7 Å². The van der Waals surface area contributed by atoms with Gasteiger partial charge in [-0.3, -0.25) is 0 Å². The number of fused-ring (bicyclic) bond motifs is 1. The Labute approximate surface area is 136 Å². The number of hydrogen-bond acceptors (Lipinski definition) is 4. The molecule has 0 N–H and O–H groups in total. The highest BCUT2D eigenvalue weighted by Gasteiger charge is 2.12. The van der Waals surface area contributed by atoms with E-state index in [1.807, 2.05) is 12.1 Å². The minimum absolute atomic E-state index is 0.669. The van der Waals surface area contributed by atoms with Crippen LogP contribution in [0.5, 0.6) is 11.5 Å². The van der Waals surface area contributed by atoms with Crippen molar-refractivity contribution in [2.45, 2.75) is 19.8 Å². The quantitative estimate of drug-likeness (QED) is 0.706. The summed E-state index contributed by atoms with van der Waals surface area (Å²) in [6.45, 7) is 2.19. The van der Waals surface area contributed by atoms with Gasteiger partial charge in [0.05, 0.1) is 25.4 Å². The molecule has 2 aromatic carbocycles. The monoisotopic (exact) mass is 308 g/mol. The molecule has 0 aliphatic carbocycles. The maximum absolute atomic E-state index is 5.41. The van der Waals surface area contributed by atoms with Crippen molar-refractivity contribution in [1.82, 2.24) is 9.97 Å². The second kappa shape index (κ2) is 6.65. The van der Waals surface area contributed by atoms with Gasteiger partial charge in [-0.05, 0) is 18.1 Å². The molecular formula is C19H20N2O2. The Kier molecular flexibility index (Phi) is 4.42. The summed E-state index contributed by atoms with van der Waals surface area (Å²) < 4.78 is 10.8. The van der Waals surface area contributed by atoms with E-state index in [-0.39, 0.29) is 0 Å².